The van der Waals surface area contributed by atoms with E-state index in [2.05, 4.69) is 15.4 Å². The van der Waals surface area contributed by atoms with E-state index in [1.165, 1.54) is 23.1 Å². The summed E-state index contributed by atoms with van der Waals surface area (Å²) in [7, 11) is 0. The lowest BCUT2D eigenvalue weighted by Crippen LogP contribution is -2.23. The minimum atomic E-state index is -0.735. The van der Waals surface area contributed by atoms with E-state index in [4.69, 9.17) is 9.47 Å². The molecule has 0 unspecified atom stereocenters. The molecule has 162 valence electrons. The number of nitriles is 1. The van der Waals surface area contributed by atoms with E-state index in [0.29, 0.717) is 11.4 Å². The summed E-state index contributed by atoms with van der Waals surface area (Å²) >= 11 is 0. The number of amides is 1. The van der Waals surface area contributed by atoms with Crippen LogP contribution in [0.25, 0.3) is 5.69 Å². The van der Waals surface area contributed by atoms with Crippen LogP contribution in [0.4, 0.5) is 5.82 Å². The van der Waals surface area contributed by atoms with Crippen molar-refractivity contribution in [3.05, 3.63) is 96.4 Å². The van der Waals surface area contributed by atoms with Crippen molar-refractivity contribution < 1.29 is 19.1 Å². The molecule has 0 atom stereocenters. The predicted molar refractivity (Wildman–Crippen MR) is 118 cm³/mol. The van der Waals surface area contributed by atoms with Gasteiger partial charge in [0.25, 0.3) is 5.91 Å². The molecule has 0 bridgehead atoms. The Labute approximate surface area is 188 Å². The summed E-state index contributed by atoms with van der Waals surface area (Å²) in [6.45, 7) is -0.565. The molecule has 0 saturated heterocycles. The lowest BCUT2D eigenvalue weighted by molar-refractivity contribution is -0.119. The maximum absolute atomic E-state index is 12.6. The van der Waals surface area contributed by atoms with Gasteiger partial charge in [0.1, 0.15) is 28.7 Å². The maximum atomic E-state index is 12.6. The van der Waals surface area contributed by atoms with Crippen LogP contribution >= 0.6 is 0 Å². The van der Waals surface area contributed by atoms with Gasteiger partial charge in [0.2, 0.25) is 0 Å². The molecule has 1 N–H and O–H groups in total. The zero-order valence-electron chi connectivity index (χ0n) is 17.2. The van der Waals surface area contributed by atoms with Gasteiger partial charge in [0, 0.05) is 6.20 Å². The zero-order valence-corrected chi connectivity index (χ0v) is 17.2. The van der Waals surface area contributed by atoms with Gasteiger partial charge in [-0.25, -0.2) is 9.48 Å². The monoisotopic (exact) mass is 439 g/mol. The molecule has 33 heavy (non-hydrogen) atoms. The van der Waals surface area contributed by atoms with Crippen molar-refractivity contribution in [1.29, 1.82) is 5.26 Å². The van der Waals surface area contributed by atoms with Gasteiger partial charge in [-0.05, 0) is 36.4 Å². The minimum Gasteiger partial charge on any atom is -0.455 e. The number of benzene rings is 2. The lowest BCUT2D eigenvalue weighted by atomic mass is 10.2. The molecule has 9 nitrogen and oxygen atoms in total. The second-order valence-electron chi connectivity index (χ2n) is 6.68. The average Bonchev–Trinajstić information content (AvgIpc) is 3.26. The Morgan fingerprint density at radius 3 is 2.55 bits per heavy atom. The number of esters is 1. The van der Waals surface area contributed by atoms with Crippen LogP contribution in [0, 0.1) is 11.3 Å². The third-order valence-electron chi connectivity index (χ3n) is 4.45. The molecular weight excluding hydrogens is 422 g/mol. The molecule has 4 rings (SSSR count). The van der Waals surface area contributed by atoms with Crippen LogP contribution in [0.2, 0.25) is 0 Å². The minimum absolute atomic E-state index is 0.154. The van der Waals surface area contributed by atoms with E-state index in [0.717, 1.165) is 0 Å². The van der Waals surface area contributed by atoms with Crippen LogP contribution < -0.4 is 10.1 Å². The molecule has 4 aromatic rings. The van der Waals surface area contributed by atoms with E-state index in [-0.39, 0.29) is 22.7 Å². The quantitative estimate of drug-likeness (QED) is 0.436. The Balaban J connectivity index is 1.44. The first-order chi connectivity index (χ1) is 16.2. The standard InChI is InChI=1S/C24H17N5O4/c25-13-17-14-27-29(18-7-2-1-3-8-18)23(17)28-22(30)16-32-24(31)20-10-4-5-11-21(20)33-19-9-6-12-26-15-19/h1-12,14-15H,16H2,(H,28,30). The fourth-order valence-corrected chi connectivity index (χ4v) is 2.95. The second-order valence-corrected chi connectivity index (χ2v) is 6.68. The maximum Gasteiger partial charge on any atom is 0.342 e. The van der Waals surface area contributed by atoms with Crippen LogP contribution in [0.3, 0.4) is 0 Å². The van der Waals surface area contributed by atoms with Crippen LogP contribution in [0.15, 0.2) is 85.3 Å². The van der Waals surface area contributed by atoms with Crippen molar-refractivity contribution in [3.8, 4) is 23.3 Å². The van der Waals surface area contributed by atoms with Gasteiger partial charge in [-0.2, -0.15) is 10.4 Å². The molecule has 0 saturated carbocycles. The molecule has 9 heteroatoms. The van der Waals surface area contributed by atoms with Crippen LogP contribution in [-0.2, 0) is 9.53 Å². The highest BCUT2D eigenvalue weighted by atomic mass is 16.5. The van der Waals surface area contributed by atoms with Gasteiger partial charge in [-0.15, -0.1) is 0 Å². The van der Waals surface area contributed by atoms with Gasteiger partial charge in [-0.3, -0.25) is 9.78 Å². The van der Waals surface area contributed by atoms with Crippen molar-refractivity contribution in [2.24, 2.45) is 0 Å². The number of rotatable bonds is 7. The number of pyridine rings is 1. The fraction of sp³-hybridized carbons (Fsp3) is 0.0417. The predicted octanol–water partition coefficient (Wildman–Crippen LogP) is 3.73. The topological polar surface area (TPSA) is 119 Å². The number of anilines is 1. The largest absolute Gasteiger partial charge is 0.455 e. The smallest absolute Gasteiger partial charge is 0.342 e. The van der Waals surface area contributed by atoms with E-state index in [9.17, 15) is 14.9 Å². The Hall–Kier alpha value is -4.97. The molecule has 0 spiro atoms. The Bertz CT molecular complexity index is 1310. The first-order valence-corrected chi connectivity index (χ1v) is 9.83. The number of hydrogen-bond acceptors (Lipinski definition) is 7. The summed E-state index contributed by atoms with van der Waals surface area (Å²) in [5, 5.41) is 16.1. The summed E-state index contributed by atoms with van der Waals surface area (Å²) in [5.41, 5.74) is 0.989. The molecule has 0 aliphatic carbocycles. The summed E-state index contributed by atoms with van der Waals surface area (Å²) in [4.78, 5) is 29.1. The first-order valence-electron chi connectivity index (χ1n) is 9.83. The lowest BCUT2D eigenvalue weighted by Gasteiger charge is -2.12. The highest BCUT2D eigenvalue weighted by Gasteiger charge is 2.19. The van der Waals surface area contributed by atoms with Gasteiger partial charge in [0.05, 0.1) is 18.1 Å². The van der Waals surface area contributed by atoms with Crippen LogP contribution in [0.5, 0.6) is 11.5 Å². The number of ether oxygens (including phenoxy) is 2. The van der Waals surface area contributed by atoms with Crippen LogP contribution in [0.1, 0.15) is 15.9 Å². The average molecular weight is 439 g/mol. The van der Waals surface area contributed by atoms with Gasteiger partial charge in [-0.1, -0.05) is 30.3 Å². The number of carbonyl (C=O) groups excluding carboxylic acids is 2. The molecule has 0 radical (unpaired) electrons. The summed E-state index contributed by atoms with van der Waals surface area (Å²) in [6, 6.07) is 20.9. The number of nitrogens with zero attached hydrogens (tertiary/aromatic N) is 4. The Kier molecular flexibility index (Phi) is 6.38. The number of carbonyl (C=O) groups is 2. The summed E-state index contributed by atoms with van der Waals surface area (Å²) < 4.78 is 12.3. The van der Waals surface area contributed by atoms with Crippen molar-refractivity contribution in [3.63, 3.8) is 0 Å². The summed E-state index contributed by atoms with van der Waals surface area (Å²) in [5.74, 6) is -0.450. The third kappa shape index (κ3) is 5.03. The van der Waals surface area contributed by atoms with Crippen molar-refractivity contribution in [2.45, 2.75) is 0 Å². The molecule has 0 aliphatic heterocycles. The van der Waals surface area contributed by atoms with E-state index in [1.54, 1.807) is 48.7 Å². The van der Waals surface area contributed by atoms with Gasteiger partial charge in [0.15, 0.2) is 12.4 Å². The van der Waals surface area contributed by atoms with Crippen molar-refractivity contribution in [1.82, 2.24) is 14.8 Å². The van der Waals surface area contributed by atoms with Gasteiger partial charge < -0.3 is 14.8 Å². The SMILES string of the molecule is N#Cc1cnn(-c2ccccc2)c1NC(=O)COC(=O)c1ccccc1Oc1cccnc1. The number of para-hydroxylation sites is 2. The van der Waals surface area contributed by atoms with Crippen molar-refractivity contribution in [2.75, 3.05) is 11.9 Å². The molecule has 0 fully saturated rings. The van der Waals surface area contributed by atoms with E-state index >= 15 is 0 Å². The molecule has 2 aromatic carbocycles. The van der Waals surface area contributed by atoms with Crippen molar-refractivity contribution >= 4 is 17.7 Å². The third-order valence-corrected chi connectivity index (χ3v) is 4.45. The molecule has 2 aromatic heterocycles. The fourth-order valence-electron chi connectivity index (χ4n) is 2.95. The van der Waals surface area contributed by atoms with Gasteiger partial charge >= 0.3 is 5.97 Å². The molecule has 0 aliphatic rings. The highest BCUT2D eigenvalue weighted by Crippen LogP contribution is 2.25. The van der Waals surface area contributed by atoms with E-state index in [1.807, 2.05) is 24.3 Å². The highest BCUT2D eigenvalue weighted by molar-refractivity contribution is 5.97. The molecule has 1 amide bonds. The molecule has 2 heterocycles. The number of nitrogens with one attached hydrogen (secondary N) is 1. The Morgan fingerprint density at radius 2 is 1.79 bits per heavy atom. The first kappa shape index (κ1) is 21.3. The Morgan fingerprint density at radius 1 is 1.00 bits per heavy atom. The van der Waals surface area contributed by atoms with Crippen LogP contribution in [-0.4, -0.2) is 33.2 Å². The molecular formula is C24H17N5O4. The second kappa shape index (κ2) is 9.89. The van der Waals surface area contributed by atoms with E-state index < -0.39 is 18.5 Å². The zero-order chi connectivity index (χ0) is 23.0. The number of hydrogen-bond donors (Lipinski definition) is 1. The number of aromatic nitrogens is 3. The normalized spacial score (nSPS) is 10.2. The summed E-state index contributed by atoms with van der Waals surface area (Å²) in [6.07, 6.45) is 4.46.